The Morgan fingerprint density at radius 1 is 1.08 bits per heavy atom. The Morgan fingerprint density at radius 2 is 1.88 bits per heavy atom. The summed E-state index contributed by atoms with van der Waals surface area (Å²) in [6.07, 6.45) is 0. The fourth-order valence-electron chi connectivity index (χ4n) is 2.74. The third-order valence-corrected chi connectivity index (χ3v) is 4.84. The number of aromatic amines is 1. The number of hydrogen-bond acceptors (Lipinski definition) is 4. The van der Waals surface area contributed by atoms with Gasteiger partial charge in [0, 0.05) is 16.5 Å². The van der Waals surface area contributed by atoms with Crippen molar-refractivity contribution in [3.63, 3.8) is 0 Å². The molecule has 0 aliphatic heterocycles. The van der Waals surface area contributed by atoms with Crippen LogP contribution in [-0.4, -0.2) is 15.9 Å². The van der Waals surface area contributed by atoms with Gasteiger partial charge in [-0.3, -0.25) is 9.59 Å². The highest BCUT2D eigenvalue weighted by atomic mass is 32.1. The van der Waals surface area contributed by atoms with Crippen molar-refractivity contribution in [2.45, 2.75) is 0 Å². The van der Waals surface area contributed by atoms with E-state index in [1.807, 2.05) is 53.9 Å². The van der Waals surface area contributed by atoms with E-state index < -0.39 is 11.5 Å². The zero-order valence-corrected chi connectivity index (χ0v) is 13.8. The van der Waals surface area contributed by atoms with Crippen molar-refractivity contribution in [1.29, 1.82) is 0 Å². The molecule has 1 amide bonds. The number of primary amides is 1. The molecular weight excluding hydrogens is 334 g/mol. The molecule has 122 valence electrons. The summed E-state index contributed by atoms with van der Waals surface area (Å²) < 4.78 is 0. The van der Waals surface area contributed by atoms with E-state index in [0.717, 1.165) is 27.2 Å². The first-order chi connectivity index (χ1) is 12.1. The van der Waals surface area contributed by atoms with Gasteiger partial charge in [0.2, 0.25) is 0 Å². The molecule has 3 N–H and O–H groups in total. The number of carbonyl (C=O) groups is 1. The molecule has 0 aliphatic carbocycles. The van der Waals surface area contributed by atoms with Crippen molar-refractivity contribution in [2.24, 2.45) is 5.73 Å². The van der Waals surface area contributed by atoms with Gasteiger partial charge >= 0.3 is 0 Å². The summed E-state index contributed by atoms with van der Waals surface area (Å²) in [4.78, 5) is 30.9. The predicted molar refractivity (Wildman–Crippen MR) is 99.6 cm³/mol. The molecule has 0 fully saturated rings. The molecule has 0 radical (unpaired) electrons. The number of H-pyrrole nitrogens is 1. The first kappa shape index (κ1) is 15.3. The SMILES string of the molecule is NC(=O)c1cc2cccc(-c3csc(-c4ccccc4)n3)c2[nH]c1=O. The van der Waals surface area contributed by atoms with Gasteiger partial charge in [0.25, 0.3) is 11.5 Å². The Balaban J connectivity index is 1.88. The number of carbonyl (C=O) groups excluding carboxylic acids is 1. The van der Waals surface area contributed by atoms with Gasteiger partial charge in [0.05, 0.1) is 11.2 Å². The molecule has 25 heavy (non-hydrogen) atoms. The van der Waals surface area contributed by atoms with Crippen LogP contribution in [0.4, 0.5) is 0 Å². The fourth-order valence-corrected chi connectivity index (χ4v) is 3.57. The summed E-state index contributed by atoms with van der Waals surface area (Å²) >= 11 is 1.54. The van der Waals surface area contributed by atoms with Gasteiger partial charge in [0.1, 0.15) is 10.6 Å². The van der Waals surface area contributed by atoms with Crippen molar-refractivity contribution < 1.29 is 4.79 Å². The summed E-state index contributed by atoms with van der Waals surface area (Å²) in [6, 6.07) is 17.0. The first-order valence-corrected chi connectivity index (χ1v) is 8.48. The van der Waals surface area contributed by atoms with Crippen LogP contribution in [0.5, 0.6) is 0 Å². The van der Waals surface area contributed by atoms with Crippen LogP contribution in [0.15, 0.2) is 64.8 Å². The maximum atomic E-state index is 12.1. The van der Waals surface area contributed by atoms with E-state index in [9.17, 15) is 9.59 Å². The van der Waals surface area contributed by atoms with E-state index in [4.69, 9.17) is 10.7 Å². The van der Waals surface area contributed by atoms with Gasteiger partial charge < -0.3 is 10.7 Å². The van der Waals surface area contributed by atoms with Crippen molar-refractivity contribution in [3.05, 3.63) is 75.9 Å². The molecule has 4 aromatic rings. The van der Waals surface area contributed by atoms with Gasteiger partial charge in [-0.05, 0) is 11.5 Å². The van der Waals surface area contributed by atoms with Crippen molar-refractivity contribution >= 4 is 28.1 Å². The summed E-state index contributed by atoms with van der Waals surface area (Å²) in [6.45, 7) is 0. The number of pyridine rings is 1. The van der Waals surface area contributed by atoms with Crippen molar-refractivity contribution in [3.8, 4) is 21.8 Å². The van der Waals surface area contributed by atoms with Crippen LogP contribution in [0, 0.1) is 0 Å². The lowest BCUT2D eigenvalue weighted by Crippen LogP contribution is -2.23. The number of benzene rings is 2. The Kier molecular flexibility index (Phi) is 3.66. The Labute approximate surface area is 146 Å². The van der Waals surface area contributed by atoms with E-state index in [0.29, 0.717) is 5.52 Å². The van der Waals surface area contributed by atoms with E-state index in [1.165, 1.54) is 6.07 Å². The number of fused-ring (bicyclic) bond motifs is 1. The number of thiazole rings is 1. The second-order valence-corrected chi connectivity index (χ2v) is 6.41. The van der Waals surface area contributed by atoms with Gasteiger partial charge in [0.15, 0.2) is 0 Å². The third-order valence-electron chi connectivity index (χ3n) is 3.95. The fraction of sp³-hybridized carbons (Fsp3) is 0. The Bertz CT molecular complexity index is 1150. The number of aromatic nitrogens is 2. The summed E-state index contributed by atoms with van der Waals surface area (Å²) in [5, 5.41) is 3.60. The number of nitrogens with zero attached hydrogens (tertiary/aromatic N) is 1. The number of amides is 1. The molecule has 2 heterocycles. The largest absolute Gasteiger partial charge is 0.365 e. The van der Waals surface area contributed by atoms with E-state index in [2.05, 4.69) is 4.98 Å². The van der Waals surface area contributed by atoms with Crippen LogP contribution in [0.1, 0.15) is 10.4 Å². The van der Waals surface area contributed by atoms with Crippen LogP contribution in [0.25, 0.3) is 32.7 Å². The second-order valence-electron chi connectivity index (χ2n) is 5.55. The summed E-state index contributed by atoms with van der Waals surface area (Å²) in [5.74, 6) is -0.742. The zero-order chi connectivity index (χ0) is 17.4. The van der Waals surface area contributed by atoms with Crippen LogP contribution in [-0.2, 0) is 0 Å². The zero-order valence-electron chi connectivity index (χ0n) is 13.0. The van der Waals surface area contributed by atoms with E-state index in [1.54, 1.807) is 11.3 Å². The minimum atomic E-state index is -0.742. The Hall–Kier alpha value is -3.25. The van der Waals surface area contributed by atoms with Gasteiger partial charge in [-0.1, -0.05) is 48.5 Å². The number of para-hydroxylation sites is 1. The van der Waals surface area contributed by atoms with Crippen molar-refractivity contribution in [1.82, 2.24) is 9.97 Å². The molecule has 0 unspecified atom stereocenters. The molecular formula is C19H13N3O2S. The molecule has 6 heteroatoms. The second kappa shape index (κ2) is 5.99. The topological polar surface area (TPSA) is 88.8 Å². The minimum absolute atomic E-state index is 0.0482. The lowest BCUT2D eigenvalue weighted by molar-refractivity contribution is 0.0999. The third kappa shape index (κ3) is 2.72. The number of nitrogens with two attached hydrogens (primary N) is 1. The molecule has 0 atom stereocenters. The molecule has 0 spiro atoms. The molecule has 5 nitrogen and oxygen atoms in total. The van der Waals surface area contributed by atoms with Crippen molar-refractivity contribution in [2.75, 3.05) is 0 Å². The molecule has 0 aliphatic rings. The molecule has 2 aromatic carbocycles. The molecule has 0 saturated carbocycles. The lowest BCUT2D eigenvalue weighted by atomic mass is 10.1. The standard InChI is InChI=1S/C19H13N3O2S/c20-17(23)14-9-12-7-4-8-13(16(12)22-18(14)24)15-10-25-19(21-15)11-5-2-1-3-6-11/h1-10H,(H2,20,23)(H,22,24). The molecule has 0 bridgehead atoms. The maximum Gasteiger partial charge on any atom is 0.261 e. The van der Waals surface area contributed by atoms with E-state index >= 15 is 0 Å². The average molecular weight is 347 g/mol. The van der Waals surface area contributed by atoms with Crippen LogP contribution >= 0.6 is 11.3 Å². The highest BCUT2D eigenvalue weighted by molar-refractivity contribution is 7.13. The van der Waals surface area contributed by atoms with E-state index in [-0.39, 0.29) is 5.56 Å². The normalized spacial score (nSPS) is 10.9. The van der Waals surface area contributed by atoms with Gasteiger partial charge in [-0.2, -0.15) is 0 Å². The highest BCUT2D eigenvalue weighted by Gasteiger charge is 2.13. The highest BCUT2D eigenvalue weighted by Crippen LogP contribution is 2.31. The average Bonchev–Trinajstić information content (AvgIpc) is 3.11. The number of hydrogen-bond donors (Lipinski definition) is 2. The van der Waals surface area contributed by atoms with Crippen LogP contribution in [0.3, 0.4) is 0 Å². The quantitative estimate of drug-likeness (QED) is 0.595. The monoisotopic (exact) mass is 347 g/mol. The maximum absolute atomic E-state index is 12.1. The number of nitrogens with one attached hydrogen (secondary N) is 1. The first-order valence-electron chi connectivity index (χ1n) is 7.60. The minimum Gasteiger partial charge on any atom is -0.365 e. The molecule has 2 aromatic heterocycles. The summed E-state index contributed by atoms with van der Waals surface area (Å²) in [7, 11) is 0. The van der Waals surface area contributed by atoms with Gasteiger partial charge in [-0.15, -0.1) is 11.3 Å². The summed E-state index contributed by atoms with van der Waals surface area (Å²) in [5.41, 5.74) is 7.98. The van der Waals surface area contributed by atoms with Crippen LogP contribution < -0.4 is 11.3 Å². The number of rotatable bonds is 3. The predicted octanol–water partition coefficient (Wildman–Crippen LogP) is 3.42. The van der Waals surface area contributed by atoms with Crippen LogP contribution in [0.2, 0.25) is 0 Å². The smallest absolute Gasteiger partial charge is 0.261 e. The molecule has 4 rings (SSSR count). The van der Waals surface area contributed by atoms with Gasteiger partial charge in [-0.25, -0.2) is 4.98 Å². The Morgan fingerprint density at radius 3 is 2.64 bits per heavy atom. The lowest BCUT2D eigenvalue weighted by Gasteiger charge is -2.05. The molecule has 0 saturated heterocycles.